The summed E-state index contributed by atoms with van der Waals surface area (Å²) in [6.45, 7) is 10.0. The fourth-order valence-corrected chi connectivity index (χ4v) is 5.41. The molecule has 2 aliphatic rings. The van der Waals surface area contributed by atoms with Crippen LogP contribution in [0.1, 0.15) is 35.6 Å². The molecule has 1 heterocycles. The van der Waals surface area contributed by atoms with Crippen LogP contribution in [0.2, 0.25) is 0 Å². The van der Waals surface area contributed by atoms with Crippen molar-refractivity contribution in [1.82, 2.24) is 9.80 Å². The first kappa shape index (κ1) is 21.5. The van der Waals surface area contributed by atoms with Gasteiger partial charge in [0.15, 0.2) is 0 Å². The van der Waals surface area contributed by atoms with Gasteiger partial charge < -0.3 is 14.5 Å². The summed E-state index contributed by atoms with van der Waals surface area (Å²) in [6, 6.07) is 2.21. The van der Waals surface area contributed by atoms with Crippen molar-refractivity contribution < 1.29 is 9.53 Å². The number of amides is 1. The van der Waals surface area contributed by atoms with Crippen molar-refractivity contribution in [2.75, 3.05) is 51.8 Å². The molecule has 0 spiro atoms. The summed E-state index contributed by atoms with van der Waals surface area (Å²) in [6.07, 6.45) is 3.20. The number of carbonyl (C=O) groups is 1. The molecule has 156 valence electrons. The quantitative estimate of drug-likeness (QED) is 0.726. The molecular weight excluding hydrogens is 368 g/mol. The zero-order chi connectivity index (χ0) is 20.3. The molecule has 2 atom stereocenters. The van der Waals surface area contributed by atoms with E-state index in [0.29, 0.717) is 18.4 Å². The maximum atomic E-state index is 13.0. The van der Waals surface area contributed by atoms with Crippen LogP contribution in [0.15, 0.2) is 6.07 Å². The molecule has 1 aromatic rings. The van der Waals surface area contributed by atoms with Gasteiger partial charge in [-0.2, -0.15) is 11.8 Å². The average molecular weight is 405 g/mol. The lowest BCUT2D eigenvalue weighted by molar-refractivity contribution is -0.136. The number of benzene rings is 1. The van der Waals surface area contributed by atoms with E-state index in [1.807, 2.05) is 11.8 Å². The van der Waals surface area contributed by atoms with Crippen LogP contribution in [-0.2, 0) is 17.6 Å². The predicted molar refractivity (Wildman–Crippen MR) is 119 cm³/mol. The first-order chi connectivity index (χ1) is 13.4. The number of aryl methyl sites for hydroxylation is 1. The number of rotatable bonds is 6. The second-order valence-electron chi connectivity index (χ2n) is 8.65. The van der Waals surface area contributed by atoms with Crippen molar-refractivity contribution in [3.05, 3.63) is 28.3 Å². The van der Waals surface area contributed by atoms with Crippen LogP contribution in [0.3, 0.4) is 0 Å². The van der Waals surface area contributed by atoms with E-state index in [1.165, 1.54) is 22.3 Å². The number of thioether (sulfide) groups is 1. The highest BCUT2D eigenvalue weighted by Crippen LogP contribution is 2.38. The summed E-state index contributed by atoms with van der Waals surface area (Å²) in [7, 11) is 4.14. The van der Waals surface area contributed by atoms with Crippen molar-refractivity contribution in [2.24, 2.45) is 11.8 Å². The minimum absolute atomic E-state index is 0.106. The highest BCUT2D eigenvalue weighted by molar-refractivity contribution is 7.99. The summed E-state index contributed by atoms with van der Waals surface area (Å²) < 4.78 is 6.11. The maximum absolute atomic E-state index is 13.0. The van der Waals surface area contributed by atoms with E-state index in [9.17, 15) is 4.79 Å². The SMILES string of the molecule is Cc1cc(OCCN(C)C)c(C)c2c1CCC(C(C)C(=O)N1CCSCC1)C2. The van der Waals surface area contributed by atoms with Gasteiger partial charge in [-0.15, -0.1) is 0 Å². The third-order valence-electron chi connectivity index (χ3n) is 6.46. The van der Waals surface area contributed by atoms with Crippen molar-refractivity contribution in [3.63, 3.8) is 0 Å². The average Bonchev–Trinajstić information content (AvgIpc) is 2.70. The standard InChI is InChI=1S/C23H36N2O2S/c1-16-14-22(27-11-8-24(4)5)18(3)21-15-19(6-7-20(16)21)17(2)23(26)25-9-12-28-13-10-25/h14,17,19H,6-13,15H2,1-5H3. The molecule has 4 nitrogen and oxygen atoms in total. The normalized spacial score (nSPS) is 20.8. The molecule has 0 bridgehead atoms. The molecule has 1 aliphatic carbocycles. The highest BCUT2D eigenvalue weighted by atomic mass is 32.2. The van der Waals surface area contributed by atoms with Gasteiger partial charge in [-0.05, 0) is 81.4 Å². The predicted octanol–water partition coefficient (Wildman–Crippen LogP) is 3.56. The fourth-order valence-electron chi connectivity index (χ4n) is 4.51. The highest BCUT2D eigenvalue weighted by Gasteiger charge is 2.32. The number of carbonyl (C=O) groups excluding carboxylic acids is 1. The topological polar surface area (TPSA) is 32.8 Å². The number of nitrogens with zero attached hydrogens (tertiary/aromatic N) is 2. The second kappa shape index (κ2) is 9.53. The van der Waals surface area contributed by atoms with Gasteiger partial charge in [0.25, 0.3) is 0 Å². The van der Waals surface area contributed by atoms with Crippen molar-refractivity contribution in [2.45, 2.75) is 40.0 Å². The van der Waals surface area contributed by atoms with Crippen LogP contribution < -0.4 is 4.74 Å². The van der Waals surface area contributed by atoms with Gasteiger partial charge in [0, 0.05) is 37.1 Å². The van der Waals surface area contributed by atoms with Gasteiger partial charge in [0.2, 0.25) is 5.91 Å². The third-order valence-corrected chi connectivity index (χ3v) is 7.40. The van der Waals surface area contributed by atoms with Crippen LogP contribution in [0.4, 0.5) is 0 Å². The van der Waals surface area contributed by atoms with Gasteiger partial charge in [0.05, 0.1) is 0 Å². The van der Waals surface area contributed by atoms with Crippen molar-refractivity contribution in [1.29, 1.82) is 0 Å². The first-order valence-electron chi connectivity index (χ1n) is 10.6. The summed E-state index contributed by atoms with van der Waals surface area (Å²) in [5.74, 6) is 4.08. The lowest BCUT2D eigenvalue weighted by Gasteiger charge is -2.35. The lowest BCUT2D eigenvalue weighted by atomic mass is 9.74. The Bertz CT molecular complexity index is 698. The Balaban J connectivity index is 1.73. The Kier molecular flexibility index (Phi) is 7.32. The molecule has 3 rings (SSSR count). The number of hydrogen-bond donors (Lipinski definition) is 0. The van der Waals surface area contributed by atoms with E-state index in [0.717, 1.165) is 56.2 Å². The van der Waals surface area contributed by atoms with Crippen LogP contribution in [0.5, 0.6) is 5.75 Å². The third kappa shape index (κ3) is 4.85. The number of ether oxygens (including phenoxy) is 1. The Morgan fingerprint density at radius 3 is 2.68 bits per heavy atom. The maximum Gasteiger partial charge on any atom is 0.225 e. The van der Waals surface area contributed by atoms with Crippen LogP contribution >= 0.6 is 11.8 Å². The Labute approximate surface area is 175 Å². The number of hydrogen-bond acceptors (Lipinski definition) is 4. The number of fused-ring (bicyclic) bond motifs is 1. The van der Waals surface area contributed by atoms with E-state index in [1.54, 1.807) is 0 Å². The Morgan fingerprint density at radius 1 is 1.29 bits per heavy atom. The molecule has 2 unspecified atom stereocenters. The fraction of sp³-hybridized carbons (Fsp3) is 0.696. The van der Waals surface area contributed by atoms with Gasteiger partial charge in [-0.25, -0.2) is 0 Å². The van der Waals surface area contributed by atoms with Gasteiger partial charge in [-0.3, -0.25) is 4.79 Å². The van der Waals surface area contributed by atoms with Gasteiger partial charge >= 0.3 is 0 Å². The van der Waals surface area contributed by atoms with E-state index in [4.69, 9.17) is 4.74 Å². The van der Waals surface area contributed by atoms with Crippen molar-refractivity contribution >= 4 is 17.7 Å². The van der Waals surface area contributed by atoms with Crippen molar-refractivity contribution in [3.8, 4) is 5.75 Å². The minimum Gasteiger partial charge on any atom is -0.492 e. The van der Waals surface area contributed by atoms with E-state index >= 15 is 0 Å². The molecule has 0 N–H and O–H groups in total. The molecule has 0 radical (unpaired) electrons. The molecule has 1 saturated heterocycles. The number of likely N-dealkylation sites (N-methyl/N-ethyl adjacent to an activating group) is 1. The second-order valence-corrected chi connectivity index (χ2v) is 9.88. The minimum atomic E-state index is 0.106. The molecule has 1 amide bonds. The van der Waals surface area contributed by atoms with E-state index in [-0.39, 0.29) is 5.92 Å². The summed E-state index contributed by atoms with van der Waals surface area (Å²) >= 11 is 1.96. The molecule has 0 aromatic heterocycles. The molecular formula is C23H36N2O2S. The summed E-state index contributed by atoms with van der Waals surface area (Å²) in [5, 5.41) is 0. The monoisotopic (exact) mass is 404 g/mol. The largest absolute Gasteiger partial charge is 0.492 e. The van der Waals surface area contributed by atoms with Crippen LogP contribution in [0.25, 0.3) is 0 Å². The molecule has 28 heavy (non-hydrogen) atoms. The molecule has 5 heteroatoms. The summed E-state index contributed by atoms with van der Waals surface area (Å²) in [5.41, 5.74) is 5.54. The van der Waals surface area contributed by atoms with Gasteiger partial charge in [-0.1, -0.05) is 6.92 Å². The van der Waals surface area contributed by atoms with E-state index < -0.39 is 0 Å². The zero-order valence-corrected chi connectivity index (χ0v) is 19.0. The summed E-state index contributed by atoms with van der Waals surface area (Å²) in [4.78, 5) is 17.3. The van der Waals surface area contributed by atoms with E-state index in [2.05, 4.69) is 50.7 Å². The molecule has 1 fully saturated rings. The Morgan fingerprint density at radius 2 is 2.00 bits per heavy atom. The lowest BCUT2D eigenvalue weighted by Crippen LogP contribution is -2.43. The zero-order valence-electron chi connectivity index (χ0n) is 18.2. The Hall–Kier alpha value is -1.20. The first-order valence-corrected chi connectivity index (χ1v) is 11.8. The van der Waals surface area contributed by atoms with Crippen LogP contribution in [0, 0.1) is 25.7 Å². The smallest absolute Gasteiger partial charge is 0.225 e. The molecule has 1 aliphatic heterocycles. The molecule has 1 aromatic carbocycles. The van der Waals surface area contributed by atoms with Gasteiger partial charge in [0.1, 0.15) is 12.4 Å². The molecule has 0 saturated carbocycles. The van der Waals surface area contributed by atoms with Crippen LogP contribution in [-0.4, -0.2) is 67.5 Å².